The summed E-state index contributed by atoms with van der Waals surface area (Å²) < 4.78 is 1.04. The van der Waals surface area contributed by atoms with E-state index in [2.05, 4.69) is 50.0 Å². The molecule has 5 nitrogen and oxygen atoms in total. The summed E-state index contributed by atoms with van der Waals surface area (Å²) in [6, 6.07) is 14.3. The molecule has 4 rings (SSSR count). The van der Waals surface area contributed by atoms with Crippen molar-refractivity contribution in [2.24, 2.45) is 10.7 Å². The number of para-hydroxylation sites is 1. The molecule has 0 unspecified atom stereocenters. The van der Waals surface area contributed by atoms with E-state index in [0.717, 1.165) is 32.8 Å². The van der Waals surface area contributed by atoms with Crippen molar-refractivity contribution in [2.45, 2.75) is 6.42 Å². The minimum absolute atomic E-state index is 0.178. The van der Waals surface area contributed by atoms with Crippen LogP contribution in [0.2, 0.25) is 0 Å². The Labute approximate surface area is 152 Å². The number of benzene rings is 2. The number of nitrogens with one attached hydrogen (secondary N) is 3. The van der Waals surface area contributed by atoms with Crippen LogP contribution in [0.25, 0.3) is 22.2 Å². The number of aromatic amines is 1. The van der Waals surface area contributed by atoms with Crippen LogP contribution in [0.3, 0.4) is 0 Å². The third-order valence-corrected chi connectivity index (χ3v) is 4.57. The summed E-state index contributed by atoms with van der Waals surface area (Å²) in [6.45, 7) is 0. The number of halogens is 1. The maximum absolute atomic E-state index is 5.52. The summed E-state index contributed by atoms with van der Waals surface area (Å²) in [6.07, 6.45) is 0.635. The minimum atomic E-state index is 0.178. The predicted octanol–water partition coefficient (Wildman–Crippen LogP) is 3.52. The lowest BCUT2D eigenvalue weighted by molar-refractivity contribution is 0.853. The minimum Gasteiger partial charge on any atom is -0.375 e. The van der Waals surface area contributed by atoms with Crippen LogP contribution in [0.1, 0.15) is 5.56 Å². The van der Waals surface area contributed by atoms with Crippen molar-refractivity contribution in [2.75, 3.05) is 0 Å². The van der Waals surface area contributed by atoms with E-state index in [4.69, 9.17) is 22.9 Å². The third kappa shape index (κ3) is 2.65. The van der Waals surface area contributed by atoms with E-state index in [1.807, 2.05) is 24.3 Å². The highest BCUT2D eigenvalue weighted by Crippen LogP contribution is 2.39. The molecular weight excluding hydrogens is 386 g/mol. The van der Waals surface area contributed by atoms with Crippen LogP contribution in [0.4, 0.5) is 5.69 Å². The van der Waals surface area contributed by atoms with Gasteiger partial charge in [0.05, 0.1) is 11.4 Å². The molecule has 120 valence electrons. The smallest absolute Gasteiger partial charge is 0.182 e. The van der Waals surface area contributed by atoms with Crippen LogP contribution < -0.4 is 16.6 Å². The number of fused-ring (bicyclic) bond motifs is 5. The number of rotatable bonds is 0. The molecule has 0 atom stereocenters. The van der Waals surface area contributed by atoms with Gasteiger partial charge in [0.2, 0.25) is 0 Å². The van der Waals surface area contributed by atoms with E-state index in [1.165, 1.54) is 10.9 Å². The number of amidine groups is 1. The number of hydrazine groups is 1. The van der Waals surface area contributed by atoms with Gasteiger partial charge in [0, 0.05) is 27.4 Å². The largest absolute Gasteiger partial charge is 0.375 e. The summed E-state index contributed by atoms with van der Waals surface area (Å²) in [5.41, 5.74) is 16.7. The summed E-state index contributed by atoms with van der Waals surface area (Å²) in [5.74, 6) is 0.759. The fraction of sp³-hybridized carbons (Fsp3) is 0.0588. The second-order valence-electron chi connectivity index (χ2n) is 5.54. The van der Waals surface area contributed by atoms with Gasteiger partial charge in [-0.25, -0.2) is 4.99 Å². The first-order chi connectivity index (χ1) is 11.6. The molecule has 0 radical (unpaired) electrons. The first-order valence-electron chi connectivity index (χ1n) is 7.40. The van der Waals surface area contributed by atoms with Crippen molar-refractivity contribution in [1.82, 2.24) is 15.8 Å². The predicted molar refractivity (Wildman–Crippen MR) is 105 cm³/mol. The molecule has 0 aliphatic carbocycles. The van der Waals surface area contributed by atoms with Crippen molar-refractivity contribution in [3.05, 3.63) is 52.5 Å². The molecule has 1 aliphatic rings. The highest BCUT2D eigenvalue weighted by Gasteiger charge is 2.21. The quantitative estimate of drug-likeness (QED) is 0.344. The number of hydrogen-bond acceptors (Lipinski definition) is 3. The van der Waals surface area contributed by atoms with Crippen LogP contribution in [-0.4, -0.2) is 15.9 Å². The average molecular weight is 400 g/mol. The first kappa shape index (κ1) is 15.2. The highest BCUT2D eigenvalue weighted by atomic mass is 79.9. The Kier molecular flexibility index (Phi) is 3.74. The average Bonchev–Trinajstić information content (AvgIpc) is 2.82. The molecule has 0 saturated heterocycles. The number of aliphatic imine (C=N–C) groups is 1. The van der Waals surface area contributed by atoms with Gasteiger partial charge in [0.1, 0.15) is 5.84 Å². The summed E-state index contributed by atoms with van der Waals surface area (Å²) in [4.78, 5) is 8.26. The van der Waals surface area contributed by atoms with Crippen LogP contribution in [0.15, 0.2) is 51.9 Å². The molecule has 5 N–H and O–H groups in total. The Morgan fingerprint density at radius 3 is 2.92 bits per heavy atom. The number of aromatic nitrogens is 1. The molecule has 2 heterocycles. The third-order valence-electron chi connectivity index (χ3n) is 3.97. The van der Waals surface area contributed by atoms with Gasteiger partial charge in [0.15, 0.2) is 5.11 Å². The van der Waals surface area contributed by atoms with E-state index in [1.54, 1.807) is 0 Å². The molecule has 1 aliphatic heterocycles. The zero-order valence-electron chi connectivity index (χ0n) is 12.6. The van der Waals surface area contributed by atoms with Crippen LogP contribution in [0.5, 0.6) is 0 Å². The molecule has 0 fully saturated rings. The molecule has 7 heteroatoms. The van der Waals surface area contributed by atoms with Crippen LogP contribution >= 0.6 is 28.1 Å². The van der Waals surface area contributed by atoms with Gasteiger partial charge in [-0.1, -0.05) is 34.1 Å². The molecule has 0 spiro atoms. The Morgan fingerprint density at radius 2 is 2.08 bits per heavy atom. The van der Waals surface area contributed by atoms with Crippen molar-refractivity contribution in [1.29, 1.82) is 0 Å². The molecule has 3 aromatic rings. The van der Waals surface area contributed by atoms with Gasteiger partial charge in [-0.05, 0) is 42.0 Å². The van der Waals surface area contributed by atoms with E-state index >= 15 is 0 Å². The van der Waals surface area contributed by atoms with E-state index < -0.39 is 0 Å². The first-order valence-corrected chi connectivity index (χ1v) is 8.60. The maximum atomic E-state index is 5.52. The Morgan fingerprint density at radius 1 is 1.25 bits per heavy atom. The number of nitrogens with two attached hydrogens (primary N) is 1. The van der Waals surface area contributed by atoms with Gasteiger partial charge < -0.3 is 10.7 Å². The van der Waals surface area contributed by atoms with E-state index in [0.29, 0.717) is 6.42 Å². The fourth-order valence-corrected chi connectivity index (χ4v) is 3.39. The Hall–Kier alpha value is -2.38. The molecule has 1 aromatic heterocycles. The van der Waals surface area contributed by atoms with Crippen molar-refractivity contribution < 1.29 is 0 Å². The summed E-state index contributed by atoms with van der Waals surface area (Å²) in [5, 5.41) is 1.35. The number of thiocarbonyl (C=S) groups is 1. The van der Waals surface area contributed by atoms with Crippen LogP contribution in [0, 0.1) is 0 Å². The molecule has 0 amide bonds. The second kappa shape index (κ2) is 5.92. The Balaban J connectivity index is 1.92. The number of nitrogens with zero attached hydrogens (tertiary/aromatic N) is 1. The molecule has 2 aromatic carbocycles. The second-order valence-corrected chi connectivity index (χ2v) is 6.89. The van der Waals surface area contributed by atoms with Gasteiger partial charge in [0.25, 0.3) is 0 Å². The monoisotopic (exact) mass is 399 g/mol. The zero-order chi connectivity index (χ0) is 16.7. The maximum Gasteiger partial charge on any atom is 0.182 e. The lowest BCUT2D eigenvalue weighted by atomic mass is 10.0. The van der Waals surface area contributed by atoms with Crippen molar-refractivity contribution in [3.8, 4) is 11.3 Å². The van der Waals surface area contributed by atoms with E-state index in [-0.39, 0.29) is 5.11 Å². The van der Waals surface area contributed by atoms with Gasteiger partial charge in [-0.2, -0.15) is 0 Å². The summed E-state index contributed by atoms with van der Waals surface area (Å²) >= 11 is 8.42. The molecule has 0 saturated carbocycles. The summed E-state index contributed by atoms with van der Waals surface area (Å²) in [7, 11) is 0. The fourth-order valence-electron chi connectivity index (χ4n) is 2.97. The van der Waals surface area contributed by atoms with Crippen LogP contribution in [-0.2, 0) is 6.42 Å². The lowest BCUT2D eigenvalue weighted by Crippen LogP contribution is -2.44. The normalized spacial score (nSPS) is 12.8. The Bertz CT molecular complexity index is 992. The highest BCUT2D eigenvalue weighted by molar-refractivity contribution is 9.10. The van der Waals surface area contributed by atoms with Crippen molar-refractivity contribution in [3.63, 3.8) is 0 Å². The SMILES string of the molecule is NC(=S)NNC1=Nc2ccccc2-c2[nH]c3ccc(Br)cc3c2C1. The molecule has 0 bridgehead atoms. The number of hydrogen-bond donors (Lipinski definition) is 4. The molecule has 24 heavy (non-hydrogen) atoms. The van der Waals surface area contributed by atoms with E-state index in [9.17, 15) is 0 Å². The number of H-pyrrole nitrogens is 1. The topological polar surface area (TPSA) is 78.2 Å². The lowest BCUT2D eigenvalue weighted by Gasteiger charge is -2.10. The van der Waals surface area contributed by atoms with Gasteiger partial charge in [-0.3, -0.25) is 10.9 Å². The zero-order valence-corrected chi connectivity index (χ0v) is 15.0. The van der Waals surface area contributed by atoms with Crippen molar-refractivity contribution >= 4 is 55.7 Å². The van der Waals surface area contributed by atoms with Gasteiger partial charge in [-0.15, -0.1) is 0 Å². The standard InChI is InChI=1S/C17H14BrN5S/c18-9-5-6-14-11(7-9)12-8-15(22-23-17(19)24)20-13-4-2-1-3-10(13)16(12)21-14/h1-7,21H,8H2,(H,20,22)(H3,19,23,24). The molecular formula is C17H14BrN5S. The van der Waals surface area contributed by atoms with Gasteiger partial charge >= 0.3 is 0 Å².